The molecule has 1 rings (SSSR count). The number of carbonyl (C=O) groups is 1. The Morgan fingerprint density at radius 1 is 1.33 bits per heavy atom. The Morgan fingerprint density at radius 3 is 2.00 bits per heavy atom. The number of carbonyl (C=O) groups excluding carboxylic acids is 1. The van der Waals surface area contributed by atoms with E-state index in [1.807, 2.05) is 0 Å². The van der Waals surface area contributed by atoms with Gasteiger partial charge in [0.15, 0.2) is 0 Å². The van der Waals surface area contributed by atoms with Crippen molar-refractivity contribution < 1.29 is 17.8 Å². The fourth-order valence-electron chi connectivity index (χ4n) is 0.721. The van der Waals surface area contributed by atoms with E-state index in [0.717, 1.165) is 0 Å². The molecule has 7 heteroatoms. The second kappa shape index (κ2) is 5.32. The van der Waals surface area contributed by atoms with Crippen molar-refractivity contribution in [3.8, 4) is 0 Å². The van der Waals surface area contributed by atoms with Gasteiger partial charge in [-0.25, -0.2) is 0 Å². The van der Waals surface area contributed by atoms with Crippen LogP contribution < -0.4 is 11.5 Å². The molecule has 0 aliphatic rings. The quantitative estimate of drug-likeness (QED) is 0.459. The number of hydrogen-bond donors (Lipinski definition) is 3. The second-order valence-electron chi connectivity index (χ2n) is 2.68. The smallest absolute Gasteiger partial charge is 0.261 e. The van der Waals surface area contributed by atoms with Crippen molar-refractivity contribution in [1.82, 2.24) is 0 Å². The molecule has 1 aromatic carbocycles. The van der Waals surface area contributed by atoms with Gasteiger partial charge in [-0.2, -0.15) is 8.42 Å². The number of nitrogen functional groups attached to an aromatic ring is 1. The minimum absolute atomic E-state index is 0.377. The summed E-state index contributed by atoms with van der Waals surface area (Å²) >= 11 is 0. The highest BCUT2D eigenvalue weighted by molar-refractivity contribution is 7.85. The molecule has 0 atom stereocenters. The number of anilines is 1. The third-order valence-corrected chi connectivity index (χ3v) is 1.23. The molecule has 5 N–H and O–H groups in total. The molecule has 0 aromatic heterocycles. The number of para-hydroxylation sites is 1. The number of nitrogens with two attached hydrogens (primary N) is 2. The van der Waals surface area contributed by atoms with Crippen LogP contribution in [-0.4, -0.2) is 25.1 Å². The summed E-state index contributed by atoms with van der Waals surface area (Å²) in [5.74, 6) is -0.488. The van der Waals surface area contributed by atoms with Gasteiger partial charge in [0.2, 0.25) is 0 Å². The summed E-state index contributed by atoms with van der Waals surface area (Å²) in [4.78, 5) is 10.6. The zero-order chi connectivity index (χ0) is 12.1. The average molecular weight is 232 g/mol. The summed E-state index contributed by atoms with van der Waals surface area (Å²) in [7, 11) is -3.67. The van der Waals surface area contributed by atoms with Gasteiger partial charge in [0.25, 0.3) is 16.0 Å². The summed E-state index contributed by atoms with van der Waals surface area (Å²) in [6.45, 7) is 0. The standard InChI is InChI=1S/C7H8N2O.CH4O3S/c8-6-4-2-1-3-5(6)7(9)10;1-5(2,3)4/h1-4H,8H2,(H2,9,10);1H3,(H,2,3,4). The zero-order valence-corrected chi connectivity index (χ0v) is 8.86. The first-order chi connectivity index (χ1) is 6.72. The molecule has 0 heterocycles. The second-order valence-corrected chi connectivity index (χ2v) is 4.15. The normalized spacial score (nSPS) is 10.0. The van der Waals surface area contributed by atoms with E-state index in [0.29, 0.717) is 17.5 Å². The lowest BCUT2D eigenvalue weighted by molar-refractivity contribution is 0.100. The molecule has 0 unspecified atom stereocenters. The van der Waals surface area contributed by atoms with Crippen molar-refractivity contribution in [1.29, 1.82) is 0 Å². The van der Waals surface area contributed by atoms with Gasteiger partial charge in [-0.15, -0.1) is 0 Å². The van der Waals surface area contributed by atoms with Crippen LogP contribution in [0.3, 0.4) is 0 Å². The first kappa shape index (κ1) is 13.4. The Balaban J connectivity index is 0.000000336. The van der Waals surface area contributed by atoms with Gasteiger partial charge >= 0.3 is 0 Å². The number of benzene rings is 1. The van der Waals surface area contributed by atoms with Gasteiger partial charge in [-0.1, -0.05) is 12.1 Å². The largest absolute Gasteiger partial charge is 0.398 e. The number of rotatable bonds is 1. The summed E-state index contributed by atoms with van der Waals surface area (Å²) in [5.41, 5.74) is 11.2. The molecule has 15 heavy (non-hydrogen) atoms. The molecule has 0 radical (unpaired) electrons. The molecule has 6 nitrogen and oxygen atoms in total. The van der Waals surface area contributed by atoms with Crippen LogP contribution in [0.25, 0.3) is 0 Å². The SMILES string of the molecule is CS(=O)(=O)O.NC(=O)c1ccccc1N. The van der Waals surface area contributed by atoms with Crippen molar-refractivity contribution >= 4 is 21.7 Å². The highest BCUT2D eigenvalue weighted by Gasteiger charge is 2.01. The predicted octanol–water partition coefficient (Wildman–Crippen LogP) is -0.128. The van der Waals surface area contributed by atoms with Crippen LogP contribution in [-0.2, 0) is 10.1 Å². The van der Waals surface area contributed by atoms with E-state index in [4.69, 9.17) is 16.0 Å². The third-order valence-electron chi connectivity index (χ3n) is 1.23. The van der Waals surface area contributed by atoms with E-state index < -0.39 is 16.0 Å². The number of hydrogen-bond acceptors (Lipinski definition) is 4. The topological polar surface area (TPSA) is 123 Å². The number of amides is 1. The van der Waals surface area contributed by atoms with Gasteiger partial charge in [-0.05, 0) is 12.1 Å². The van der Waals surface area contributed by atoms with Crippen LogP contribution in [0.5, 0.6) is 0 Å². The van der Waals surface area contributed by atoms with Gasteiger partial charge in [-0.3, -0.25) is 9.35 Å². The van der Waals surface area contributed by atoms with Crippen LogP contribution in [0, 0.1) is 0 Å². The third kappa shape index (κ3) is 7.47. The molecule has 0 aliphatic carbocycles. The molecule has 84 valence electrons. The molecule has 0 saturated carbocycles. The highest BCUT2D eigenvalue weighted by atomic mass is 32.2. The van der Waals surface area contributed by atoms with Crippen molar-refractivity contribution in [2.45, 2.75) is 0 Å². The molecule has 0 bridgehead atoms. The Labute approximate surface area is 87.6 Å². The molecule has 0 spiro atoms. The van der Waals surface area contributed by atoms with Crippen LogP contribution in [0.1, 0.15) is 10.4 Å². The molecule has 0 fully saturated rings. The van der Waals surface area contributed by atoms with Crippen LogP contribution in [0.2, 0.25) is 0 Å². The summed E-state index contributed by atoms with van der Waals surface area (Å²) < 4.78 is 25.9. The lowest BCUT2D eigenvalue weighted by Crippen LogP contribution is -2.12. The Bertz CT molecular complexity index is 434. The van der Waals surface area contributed by atoms with Gasteiger partial charge in [0, 0.05) is 5.69 Å². The maximum Gasteiger partial charge on any atom is 0.261 e. The van der Waals surface area contributed by atoms with Crippen LogP contribution in [0.4, 0.5) is 5.69 Å². The molecular formula is C8H12N2O4S. The first-order valence-corrected chi connectivity index (χ1v) is 5.63. The fourth-order valence-corrected chi connectivity index (χ4v) is 0.721. The highest BCUT2D eigenvalue weighted by Crippen LogP contribution is 2.08. The molecular weight excluding hydrogens is 220 g/mol. The van der Waals surface area contributed by atoms with Crippen molar-refractivity contribution in [2.24, 2.45) is 5.73 Å². The van der Waals surface area contributed by atoms with Crippen molar-refractivity contribution in [3.05, 3.63) is 29.8 Å². The molecule has 0 aliphatic heterocycles. The van der Waals surface area contributed by atoms with Crippen molar-refractivity contribution in [3.63, 3.8) is 0 Å². The maximum atomic E-state index is 10.6. The molecule has 0 saturated heterocycles. The molecule has 1 amide bonds. The van der Waals surface area contributed by atoms with Crippen LogP contribution >= 0.6 is 0 Å². The fraction of sp³-hybridized carbons (Fsp3) is 0.125. The average Bonchev–Trinajstić information content (AvgIpc) is 2.01. The van der Waals surface area contributed by atoms with Gasteiger partial charge in [0.05, 0.1) is 11.8 Å². The van der Waals surface area contributed by atoms with Gasteiger partial charge in [0.1, 0.15) is 0 Å². The number of primary amides is 1. The Hall–Kier alpha value is -1.60. The van der Waals surface area contributed by atoms with E-state index >= 15 is 0 Å². The van der Waals surface area contributed by atoms with Gasteiger partial charge < -0.3 is 11.5 Å². The summed E-state index contributed by atoms with van der Waals surface area (Å²) in [6.07, 6.45) is 0.715. The first-order valence-electron chi connectivity index (χ1n) is 3.78. The van der Waals surface area contributed by atoms with E-state index in [9.17, 15) is 13.2 Å². The predicted molar refractivity (Wildman–Crippen MR) is 56.8 cm³/mol. The summed E-state index contributed by atoms with van der Waals surface area (Å²) in [5, 5.41) is 0. The summed E-state index contributed by atoms with van der Waals surface area (Å²) in [6, 6.07) is 6.70. The Morgan fingerprint density at radius 2 is 1.73 bits per heavy atom. The minimum Gasteiger partial charge on any atom is -0.398 e. The van der Waals surface area contributed by atoms with E-state index in [1.54, 1.807) is 24.3 Å². The Kier molecular flexibility index (Phi) is 4.75. The van der Waals surface area contributed by atoms with Crippen LogP contribution in [0.15, 0.2) is 24.3 Å². The van der Waals surface area contributed by atoms with E-state index in [2.05, 4.69) is 0 Å². The molecule has 1 aromatic rings. The minimum atomic E-state index is -3.67. The zero-order valence-electron chi connectivity index (χ0n) is 8.04. The maximum absolute atomic E-state index is 10.6. The van der Waals surface area contributed by atoms with Crippen molar-refractivity contribution in [2.75, 3.05) is 12.0 Å². The lowest BCUT2D eigenvalue weighted by Gasteiger charge is -1.97. The lowest BCUT2D eigenvalue weighted by atomic mass is 10.2. The van der Waals surface area contributed by atoms with E-state index in [-0.39, 0.29) is 0 Å². The monoisotopic (exact) mass is 232 g/mol. The van der Waals surface area contributed by atoms with E-state index in [1.165, 1.54) is 0 Å².